The molecule has 0 fully saturated rings. The molecule has 6 heteroatoms. The van der Waals surface area contributed by atoms with E-state index in [0.717, 1.165) is 0 Å². The van der Waals surface area contributed by atoms with Crippen LogP contribution in [0.4, 0.5) is 0 Å². The van der Waals surface area contributed by atoms with Crippen molar-refractivity contribution in [2.45, 2.75) is 78.2 Å². The summed E-state index contributed by atoms with van der Waals surface area (Å²) >= 11 is 0. The van der Waals surface area contributed by atoms with Crippen LogP contribution in [0.25, 0.3) is 0 Å². The fourth-order valence-corrected chi connectivity index (χ4v) is 2.68. The van der Waals surface area contributed by atoms with Crippen molar-refractivity contribution in [1.29, 1.82) is 0 Å². The molecule has 0 saturated carbocycles. The highest BCUT2D eigenvalue weighted by Crippen LogP contribution is 2.03. The van der Waals surface area contributed by atoms with Crippen molar-refractivity contribution in [3.05, 3.63) is 0 Å². The normalized spacial score (nSPS) is 13.5. The number of hydrogen-bond acceptors (Lipinski definition) is 4. The van der Waals surface area contributed by atoms with E-state index in [1.165, 1.54) is 0 Å². The average molecular weight is 367 g/mol. The molecule has 0 aliphatic carbocycles. The third-order valence-electron chi connectivity index (χ3n) is 2.45. The zero-order valence-corrected chi connectivity index (χ0v) is 18.2. The van der Waals surface area contributed by atoms with Gasteiger partial charge in [0.2, 0.25) is 0 Å². The molecular formula is C18H30O4Si2. The Bertz CT molecular complexity index is 510. The quantitative estimate of drug-likeness (QED) is 0.425. The van der Waals surface area contributed by atoms with E-state index in [2.05, 4.69) is 62.2 Å². The van der Waals surface area contributed by atoms with Gasteiger partial charge in [-0.1, -0.05) is 51.1 Å². The predicted molar refractivity (Wildman–Crippen MR) is 103 cm³/mol. The van der Waals surface area contributed by atoms with Crippen molar-refractivity contribution in [3.8, 4) is 22.9 Å². The van der Waals surface area contributed by atoms with E-state index in [-0.39, 0.29) is 12.8 Å². The van der Waals surface area contributed by atoms with E-state index in [0.29, 0.717) is 0 Å². The lowest BCUT2D eigenvalue weighted by Gasteiger charge is -2.10. The number of esters is 2. The lowest BCUT2D eigenvalue weighted by Crippen LogP contribution is -2.20. The SMILES string of the molecule is C[C@@H](C#C[Si](C)(C)C)OC(=O)CCC(=O)O[C@@H](C)C#C[Si](C)(C)C. The summed E-state index contributed by atoms with van der Waals surface area (Å²) in [6, 6.07) is 0. The maximum absolute atomic E-state index is 11.7. The topological polar surface area (TPSA) is 52.6 Å². The number of hydrogen-bond donors (Lipinski definition) is 0. The molecule has 0 rings (SSSR count). The Balaban J connectivity index is 4.24. The first-order valence-electron chi connectivity index (χ1n) is 8.23. The first kappa shape index (κ1) is 22.5. The molecule has 0 spiro atoms. The van der Waals surface area contributed by atoms with Crippen LogP contribution in [0, 0.1) is 22.9 Å². The standard InChI is InChI=1S/C18H30O4Si2/c1-15(11-13-23(3,4)5)21-17(19)9-10-18(20)22-16(2)12-14-24(6,7)8/h15-16H,9-10H2,1-8H3/t15-,16-/m0/s1. The molecule has 4 nitrogen and oxygen atoms in total. The van der Waals surface area contributed by atoms with Gasteiger partial charge in [-0.2, -0.15) is 0 Å². The van der Waals surface area contributed by atoms with Gasteiger partial charge in [0.1, 0.15) is 16.1 Å². The van der Waals surface area contributed by atoms with Gasteiger partial charge >= 0.3 is 11.9 Å². The fourth-order valence-electron chi connectivity index (χ4n) is 1.41. The summed E-state index contributed by atoms with van der Waals surface area (Å²) in [5.74, 6) is 5.01. The van der Waals surface area contributed by atoms with E-state index in [9.17, 15) is 9.59 Å². The van der Waals surface area contributed by atoms with Crippen LogP contribution in [0.3, 0.4) is 0 Å². The maximum Gasteiger partial charge on any atom is 0.307 e. The second-order valence-corrected chi connectivity index (χ2v) is 17.3. The maximum atomic E-state index is 11.7. The Morgan fingerprint density at radius 1 is 0.750 bits per heavy atom. The van der Waals surface area contributed by atoms with Gasteiger partial charge in [0, 0.05) is 0 Å². The smallest absolute Gasteiger partial charge is 0.307 e. The van der Waals surface area contributed by atoms with Crippen molar-refractivity contribution < 1.29 is 19.1 Å². The zero-order valence-electron chi connectivity index (χ0n) is 16.2. The third-order valence-corrected chi connectivity index (χ3v) is 4.24. The highest BCUT2D eigenvalue weighted by Gasteiger charge is 2.14. The molecular weight excluding hydrogens is 336 g/mol. The van der Waals surface area contributed by atoms with Crippen LogP contribution in [0.2, 0.25) is 39.3 Å². The van der Waals surface area contributed by atoms with E-state index in [4.69, 9.17) is 9.47 Å². The summed E-state index contributed by atoms with van der Waals surface area (Å²) < 4.78 is 10.3. The molecule has 0 aliphatic heterocycles. The van der Waals surface area contributed by atoms with Crippen LogP contribution in [-0.2, 0) is 19.1 Å². The van der Waals surface area contributed by atoms with Crippen LogP contribution in [0.5, 0.6) is 0 Å². The lowest BCUT2D eigenvalue weighted by molar-refractivity contribution is -0.152. The van der Waals surface area contributed by atoms with Gasteiger partial charge in [-0.15, -0.1) is 11.1 Å². The van der Waals surface area contributed by atoms with Crippen molar-refractivity contribution in [3.63, 3.8) is 0 Å². The lowest BCUT2D eigenvalue weighted by atomic mass is 10.3. The molecule has 0 aromatic carbocycles. The second kappa shape index (κ2) is 9.71. The molecule has 0 aliphatic rings. The van der Waals surface area contributed by atoms with Crippen LogP contribution in [0.15, 0.2) is 0 Å². The van der Waals surface area contributed by atoms with Gasteiger partial charge in [-0.05, 0) is 13.8 Å². The van der Waals surface area contributed by atoms with Crippen LogP contribution in [0.1, 0.15) is 26.7 Å². The first-order valence-corrected chi connectivity index (χ1v) is 15.2. The summed E-state index contributed by atoms with van der Waals surface area (Å²) in [5.41, 5.74) is 6.30. The monoisotopic (exact) mass is 366 g/mol. The molecule has 0 unspecified atom stereocenters. The second-order valence-electron chi connectivity index (χ2n) is 7.80. The van der Waals surface area contributed by atoms with Gasteiger partial charge < -0.3 is 9.47 Å². The van der Waals surface area contributed by atoms with E-state index < -0.39 is 40.3 Å². The van der Waals surface area contributed by atoms with Gasteiger partial charge in [0.05, 0.1) is 12.8 Å². The molecule has 0 heterocycles. The summed E-state index contributed by atoms with van der Waals surface area (Å²) in [6.45, 7) is 16.2. The summed E-state index contributed by atoms with van der Waals surface area (Å²) in [4.78, 5) is 23.4. The van der Waals surface area contributed by atoms with Gasteiger partial charge in [-0.3, -0.25) is 9.59 Å². The Hall–Kier alpha value is -1.51. The van der Waals surface area contributed by atoms with E-state index in [1.807, 2.05) is 0 Å². The number of rotatable bonds is 5. The van der Waals surface area contributed by atoms with Crippen molar-refractivity contribution in [1.82, 2.24) is 0 Å². The Kier molecular flexibility index (Phi) is 9.10. The van der Waals surface area contributed by atoms with Gasteiger partial charge in [-0.25, -0.2) is 0 Å². The van der Waals surface area contributed by atoms with Crippen molar-refractivity contribution in [2.24, 2.45) is 0 Å². The summed E-state index contributed by atoms with van der Waals surface area (Å²) in [7, 11) is -2.97. The molecule has 0 N–H and O–H groups in total. The third kappa shape index (κ3) is 14.1. The largest absolute Gasteiger partial charge is 0.449 e. The zero-order chi connectivity index (χ0) is 19.0. The van der Waals surface area contributed by atoms with Crippen molar-refractivity contribution in [2.75, 3.05) is 0 Å². The van der Waals surface area contributed by atoms with E-state index >= 15 is 0 Å². The molecule has 0 aromatic rings. The number of carbonyl (C=O) groups is 2. The Labute approximate surface area is 148 Å². The average Bonchev–Trinajstić information content (AvgIpc) is 2.39. The minimum atomic E-state index is -1.48. The highest BCUT2D eigenvalue weighted by atomic mass is 28.3. The highest BCUT2D eigenvalue weighted by molar-refractivity contribution is 6.84. The minimum absolute atomic E-state index is 0.00797. The molecule has 0 radical (unpaired) electrons. The first-order chi connectivity index (χ1) is 10.8. The number of ether oxygens (including phenoxy) is 2. The van der Waals surface area contributed by atoms with Crippen molar-refractivity contribution >= 4 is 28.1 Å². The molecule has 0 saturated heterocycles. The molecule has 0 amide bonds. The molecule has 2 atom stereocenters. The molecule has 0 aromatic heterocycles. The summed E-state index contributed by atoms with van der Waals surface area (Å²) in [5, 5.41) is 0. The van der Waals surface area contributed by atoms with Crippen LogP contribution in [-0.4, -0.2) is 40.3 Å². The van der Waals surface area contributed by atoms with Crippen LogP contribution >= 0.6 is 0 Å². The van der Waals surface area contributed by atoms with Crippen LogP contribution < -0.4 is 0 Å². The fraction of sp³-hybridized carbons (Fsp3) is 0.667. The van der Waals surface area contributed by atoms with E-state index in [1.54, 1.807) is 13.8 Å². The Morgan fingerprint density at radius 3 is 1.29 bits per heavy atom. The molecule has 134 valence electrons. The number of carbonyl (C=O) groups excluding carboxylic acids is 2. The summed E-state index contributed by atoms with van der Waals surface area (Å²) in [6.07, 6.45) is -0.929. The predicted octanol–water partition coefficient (Wildman–Crippen LogP) is 3.39. The van der Waals surface area contributed by atoms with Gasteiger partial charge in [0.15, 0.2) is 12.2 Å². The van der Waals surface area contributed by atoms with Gasteiger partial charge in [0.25, 0.3) is 0 Å². The molecule has 24 heavy (non-hydrogen) atoms. The minimum Gasteiger partial charge on any atom is -0.449 e. The Morgan fingerprint density at radius 2 is 1.04 bits per heavy atom. The molecule has 0 bridgehead atoms.